The standard InChI is InChI=1S/C9H21N3/c1-6-8(10-3)9(7-2,11-4)12-5/h6,10-12H,7H2,1-5H3. The van der Waals surface area contributed by atoms with E-state index in [1.54, 1.807) is 0 Å². The Morgan fingerprint density at radius 3 is 1.83 bits per heavy atom. The van der Waals surface area contributed by atoms with Gasteiger partial charge in [0.05, 0.1) is 0 Å². The maximum absolute atomic E-state index is 3.27. The molecule has 3 heteroatoms. The molecule has 0 saturated carbocycles. The Kier molecular flexibility index (Phi) is 4.93. The van der Waals surface area contributed by atoms with Crippen molar-refractivity contribution in [3.8, 4) is 0 Å². The molecule has 0 amide bonds. The van der Waals surface area contributed by atoms with E-state index in [9.17, 15) is 0 Å². The van der Waals surface area contributed by atoms with Crippen LogP contribution in [0.3, 0.4) is 0 Å². The van der Waals surface area contributed by atoms with Crippen LogP contribution in [-0.4, -0.2) is 26.8 Å². The zero-order valence-electron chi connectivity index (χ0n) is 8.78. The van der Waals surface area contributed by atoms with Gasteiger partial charge < -0.3 is 5.32 Å². The van der Waals surface area contributed by atoms with E-state index < -0.39 is 0 Å². The summed E-state index contributed by atoms with van der Waals surface area (Å²) in [5.74, 6) is 0. The molecule has 72 valence electrons. The predicted molar refractivity (Wildman–Crippen MR) is 54.0 cm³/mol. The van der Waals surface area contributed by atoms with Crippen LogP contribution >= 0.6 is 0 Å². The lowest BCUT2D eigenvalue weighted by Crippen LogP contribution is -2.57. The van der Waals surface area contributed by atoms with Gasteiger partial charge in [-0.25, -0.2) is 0 Å². The van der Waals surface area contributed by atoms with Crippen molar-refractivity contribution in [2.75, 3.05) is 21.1 Å². The van der Waals surface area contributed by atoms with E-state index in [0.29, 0.717) is 0 Å². The maximum Gasteiger partial charge on any atom is 0.109 e. The third kappa shape index (κ3) is 1.99. The van der Waals surface area contributed by atoms with Gasteiger partial charge in [-0.05, 0) is 27.4 Å². The predicted octanol–water partition coefficient (Wildman–Crippen LogP) is 0.655. The molecule has 0 bridgehead atoms. The number of allylic oxidation sites excluding steroid dienone is 1. The Labute approximate surface area is 75.6 Å². The lowest BCUT2D eigenvalue weighted by molar-refractivity contribution is 0.326. The van der Waals surface area contributed by atoms with Gasteiger partial charge in [0.15, 0.2) is 0 Å². The first-order valence-electron chi connectivity index (χ1n) is 4.43. The summed E-state index contributed by atoms with van der Waals surface area (Å²) >= 11 is 0. The summed E-state index contributed by atoms with van der Waals surface area (Å²) in [6, 6.07) is 0. The first-order valence-corrected chi connectivity index (χ1v) is 4.43. The molecule has 0 aliphatic rings. The largest absolute Gasteiger partial charge is 0.389 e. The molecular weight excluding hydrogens is 150 g/mol. The van der Waals surface area contributed by atoms with Gasteiger partial charge in [0, 0.05) is 12.7 Å². The van der Waals surface area contributed by atoms with Crippen LogP contribution in [0, 0.1) is 0 Å². The maximum atomic E-state index is 3.27. The lowest BCUT2D eigenvalue weighted by atomic mass is 10.0. The summed E-state index contributed by atoms with van der Waals surface area (Å²) in [7, 11) is 5.86. The van der Waals surface area contributed by atoms with E-state index in [1.807, 2.05) is 28.1 Å². The molecule has 0 atom stereocenters. The van der Waals surface area contributed by atoms with Gasteiger partial charge in [0.25, 0.3) is 0 Å². The molecule has 0 aromatic heterocycles. The first kappa shape index (κ1) is 11.5. The highest BCUT2D eigenvalue weighted by molar-refractivity contribution is 5.15. The summed E-state index contributed by atoms with van der Waals surface area (Å²) in [6.45, 7) is 4.18. The molecule has 0 aliphatic heterocycles. The number of hydrogen-bond donors (Lipinski definition) is 3. The topological polar surface area (TPSA) is 36.1 Å². The van der Waals surface area contributed by atoms with Gasteiger partial charge in [-0.3, -0.25) is 10.6 Å². The summed E-state index contributed by atoms with van der Waals surface area (Å²) in [6.07, 6.45) is 3.08. The van der Waals surface area contributed by atoms with E-state index in [2.05, 4.69) is 29.0 Å². The van der Waals surface area contributed by atoms with E-state index >= 15 is 0 Å². The zero-order valence-corrected chi connectivity index (χ0v) is 8.78. The van der Waals surface area contributed by atoms with Crippen molar-refractivity contribution >= 4 is 0 Å². The highest BCUT2D eigenvalue weighted by Gasteiger charge is 2.27. The van der Waals surface area contributed by atoms with Crippen LogP contribution in [0.1, 0.15) is 20.3 Å². The van der Waals surface area contributed by atoms with Crippen LogP contribution in [0.4, 0.5) is 0 Å². The van der Waals surface area contributed by atoms with Crippen molar-refractivity contribution < 1.29 is 0 Å². The molecule has 0 spiro atoms. The molecule has 0 aliphatic carbocycles. The number of likely N-dealkylation sites (N-methyl/N-ethyl adjacent to an activating group) is 3. The minimum absolute atomic E-state index is 0.108. The zero-order chi connectivity index (χ0) is 9.61. The van der Waals surface area contributed by atoms with Crippen LogP contribution in [0.2, 0.25) is 0 Å². The highest BCUT2D eigenvalue weighted by atomic mass is 15.2. The van der Waals surface area contributed by atoms with Crippen molar-refractivity contribution in [3.63, 3.8) is 0 Å². The summed E-state index contributed by atoms with van der Waals surface area (Å²) in [4.78, 5) is 0. The molecule has 3 nitrogen and oxygen atoms in total. The minimum atomic E-state index is -0.108. The van der Waals surface area contributed by atoms with E-state index in [4.69, 9.17) is 0 Å². The second kappa shape index (κ2) is 5.17. The van der Waals surface area contributed by atoms with Crippen molar-refractivity contribution in [1.29, 1.82) is 0 Å². The first-order chi connectivity index (χ1) is 5.70. The second-order valence-electron chi connectivity index (χ2n) is 2.71. The molecule has 0 fully saturated rings. The number of nitrogens with one attached hydrogen (secondary N) is 3. The van der Waals surface area contributed by atoms with Gasteiger partial charge in [-0.2, -0.15) is 0 Å². The normalized spacial score (nSPS) is 13.2. The van der Waals surface area contributed by atoms with E-state index in [0.717, 1.165) is 6.42 Å². The highest BCUT2D eigenvalue weighted by Crippen LogP contribution is 2.13. The van der Waals surface area contributed by atoms with Gasteiger partial charge in [0.1, 0.15) is 5.66 Å². The fourth-order valence-corrected chi connectivity index (χ4v) is 1.54. The van der Waals surface area contributed by atoms with Crippen LogP contribution < -0.4 is 16.0 Å². The van der Waals surface area contributed by atoms with Gasteiger partial charge in [-0.1, -0.05) is 13.0 Å². The van der Waals surface area contributed by atoms with Crippen LogP contribution in [0.5, 0.6) is 0 Å². The summed E-state index contributed by atoms with van der Waals surface area (Å²) in [5.41, 5.74) is 1.07. The Hall–Kier alpha value is -0.540. The lowest BCUT2D eigenvalue weighted by Gasteiger charge is -2.34. The van der Waals surface area contributed by atoms with Crippen LogP contribution in [0.25, 0.3) is 0 Å². The van der Waals surface area contributed by atoms with Crippen LogP contribution in [0.15, 0.2) is 11.8 Å². The molecule has 0 heterocycles. The smallest absolute Gasteiger partial charge is 0.109 e. The third-order valence-corrected chi connectivity index (χ3v) is 2.40. The van der Waals surface area contributed by atoms with Gasteiger partial charge in [0.2, 0.25) is 0 Å². The van der Waals surface area contributed by atoms with E-state index in [1.165, 1.54) is 5.70 Å². The molecule has 3 N–H and O–H groups in total. The number of rotatable bonds is 5. The van der Waals surface area contributed by atoms with Gasteiger partial charge >= 0.3 is 0 Å². The Balaban J connectivity index is 4.68. The summed E-state index contributed by atoms with van der Waals surface area (Å²) < 4.78 is 0. The van der Waals surface area contributed by atoms with Gasteiger partial charge in [-0.15, -0.1) is 0 Å². The molecular formula is C9H21N3. The quantitative estimate of drug-likeness (QED) is 0.532. The Bertz CT molecular complexity index is 140. The molecule has 12 heavy (non-hydrogen) atoms. The van der Waals surface area contributed by atoms with Crippen molar-refractivity contribution in [2.45, 2.75) is 25.9 Å². The van der Waals surface area contributed by atoms with Crippen molar-refractivity contribution in [2.24, 2.45) is 0 Å². The SMILES string of the molecule is CC=C(NC)C(CC)(NC)NC. The number of hydrogen-bond acceptors (Lipinski definition) is 3. The average molecular weight is 171 g/mol. The second-order valence-corrected chi connectivity index (χ2v) is 2.71. The fourth-order valence-electron chi connectivity index (χ4n) is 1.54. The van der Waals surface area contributed by atoms with E-state index in [-0.39, 0.29) is 5.66 Å². The molecule has 0 unspecified atom stereocenters. The molecule has 0 aromatic carbocycles. The third-order valence-electron chi connectivity index (χ3n) is 2.40. The monoisotopic (exact) mass is 171 g/mol. The average Bonchev–Trinajstić information content (AvgIpc) is 2.14. The molecule has 0 radical (unpaired) electrons. The Morgan fingerprint density at radius 1 is 1.25 bits per heavy atom. The molecule has 0 aromatic rings. The van der Waals surface area contributed by atoms with Crippen LogP contribution in [-0.2, 0) is 0 Å². The van der Waals surface area contributed by atoms with Crippen molar-refractivity contribution in [1.82, 2.24) is 16.0 Å². The minimum Gasteiger partial charge on any atom is -0.389 e. The summed E-state index contributed by atoms with van der Waals surface area (Å²) in [5, 5.41) is 9.73. The van der Waals surface area contributed by atoms with Crippen molar-refractivity contribution in [3.05, 3.63) is 11.8 Å². The molecule has 0 saturated heterocycles. The Morgan fingerprint density at radius 2 is 1.75 bits per heavy atom. The fraction of sp³-hybridized carbons (Fsp3) is 0.778. The molecule has 0 rings (SSSR count).